The Morgan fingerprint density at radius 1 is 0.960 bits per heavy atom. The Bertz CT molecular complexity index is 674. The van der Waals surface area contributed by atoms with Crippen LogP contribution in [0.15, 0.2) is 48.5 Å². The minimum atomic E-state index is -0.102. The third-order valence-corrected chi connectivity index (χ3v) is 3.60. The Labute approximate surface area is 149 Å². The van der Waals surface area contributed by atoms with Gasteiger partial charge in [-0.3, -0.25) is 4.90 Å². The van der Waals surface area contributed by atoms with E-state index in [1.165, 1.54) is 0 Å². The molecule has 0 aliphatic carbocycles. The van der Waals surface area contributed by atoms with Crippen LogP contribution in [-0.4, -0.2) is 62.1 Å². The van der Waals surface area contributed by atoms with E-state index in [9.17, 15) is 4.79 Å². The molecule has 6 nitrogen and oxygen atoms in total. The molecule has 0 fully saturated rings. The molecule has 0 aliphatic rings. The number of hydrogen-bond donors (Lipinski definition) is 0. The molecule has 25 heavy (non-hydrogen) atoms. The van der Waals surface area contributed by atoms with E-state index < -0.39 is 0 Å². The second-order valence-corrected chi connectivity index (χ2v) is 6.24. The molecule has 0 atom stereocenters. The largest absolute Gasteiger partial charge is 0.473 e. The highest BCUT2D eigenvalue weighted by atomic mass is 16.5. The van der Waals surface area contributed by atoms with Crippen LogP contribution in [-0.2, 0) is 6.61 Å². The summed E-state index contributed by atoms with van der Waals surface area (Å²) < 4.78 is 5.78. The Morgan fingerprint density at radius 2 is 1.68 bits per heavy atom. The lowest BCUT2D eigenvalue weighted by Gasteiger charge is -2.26. The fourth-order valence-electron chi connectivity index (χ4n) is 2.22. The number of ether oxygens (including phenoxy) is 1. The molecular formula is C19H26N4O2. The molecule has 2 aromatic rings. The van der Waals surface area contributed by atoms with Gasteiger partial charge >= 0.3 is 6.03 Å². The van der Waals surface area contributed by atoms with Crippen molar-refractivity contribution in [1.29, 1.82) is 0 Å². The van der Waals surface area contributed by atoms with Gasteiger partial charge in [-0.05, 0) is 25.7 Å². The predicted molar refractivity (Wildman–Crippen MR) is 100.0 cm³/mol. The van der Waals surface area contributed by atoms with Crippen molar-refractivity contribution < 1.29 is 9.53 Å². The zero-order chi connectivity index (χ0) is 18.2. The van der Waals surface area contributed by atoms with Gasteiger partial charge in [0, 0.05) is 33.3 Å². The average Bonchev–Trinajstić information content (AvgIpc) is 2.61. The predicted octanol–water partition coefficient (Wildman–Crippen LogP) is 2.71. The molecule has 2 rings (SSSR count). The van der Waals surface area contributed by atoms with Crippen LogP contribution in [0.2, 0.25) is 0 Å². The van der Waals surface area contributed by atoms with E-state index in [0.717, 1.165) is 12.1 Å². The monoisotopic (exact) mass is 342 g/mol. The molecular weight excluding hydrogens is 316 g/mol. The highest BCUT2D eigenvalue weighted by Gasteiger charge is 2.19. The molecule has 0 unspecified atom stereocenters. The van der Waals surface area contributed by atoms with Crippen LogP contribution in [0, 0.1) is 0 Å². The van der Waals surface area contributed by atoms with Gasteiger partial charge in [-0.25, -0.2) is 4.79 Å². The van der Waals surface area contributed by atoms with E-state index in [-0.39, 0.29) is 6.03 Å². The van der Waals surface area contributed by atoms with Crippen molar-refractivity contribution in [3.8, 4) is 5.88 Å². The summed E-state index contributed by atoms with van der Waals surface area (Å²) in [6, 6.07) is 15.3. The molecule has 0 radical (unpaired) electrons. The minimum absolute atomic E-state index is 0.102. The first-order chi connectivity index (χ1) is 12.0. The third-order valence-electron chi connectivity index (χ3n) is 3.60. The number of benzene rings is 1. The molecule has 1 heterocycles. The molecule has 0 saturated carbocycles. The standard InChI is InChI=1S/C19H26N4O2/c1-21(2)13-14-23(19(24)22(3)4)17-11-8-12-18(20-17)25-15-16-9-6-5-7-10-16/h5-12H,13-15H2,1-4H3. The van der Waals surface area contributed by atoms with E-state index in [4.69, 9.17) is 4.74 Å². The summed E-state index contributed by atoms with van der Waals surface area (Å²) in [5.74, 6) is 1.09. The summed E-state index contributed by atoms with van der Waals surface area (Å²) in [5.41, 5.74) is 1.07. The van der Waals surface area contributed by atoms with Gasteiger partial charge in [-0.15, -0.1) is 0 Å². The Morgan fingerprint density at radius 3 is 2.32 bits per heavy atom. The third kappa shape index (κ3) is 5.76. The average molecular weight is 342 g/mol. The fourth-order valence-corrected chi connectivity index (χ4v) is 2.22. The molecule has 0 bridgehead atoms. The number of anilines is 1. The number of urea groups is 1. The zero-order valence-corrected chi connectivity index (χ0v) is 15.3. The van der Waals surface area contributed by atoms with Crippen LogP contribution in [0.25, 0.3) is 0 Å². The van der Waals surface area contributed by atoms with E-state index in [1.54, 1.807) is 30.0 Å². The smallest absolute Gasteiger partial charge is 0.325 e. The summed E-state index contributed by atoms with van der Waals surface area (Å²) in [5, 5.41) is 0. The van der Waals surface area contributed by atoms with Crippen LogP contribution in [0.5, 0.6) is 5.88 Å². The van der Waals surface area contributed by atoms with Crippen molar-refractivity contribution in [2.75, 3.05) is 46.2 Å². The number of hydrogen-bond acceptors (Lipinski definition) is 4. The molecule has 0 spiro atoms. The summed E-state index contributed by atoms with van der Waals surface area (Å²) in [7, 11) is 7.43. The number of likely N-dealkylation sites (N-methyl/N-ethyl adjacent to an activating group) is 1. The maximum Gasteiger partial charge on any atom is 0.325 e. The SMILES string of the molecule is CN(C)CCN(C(=O)N(C)C)c1cccc(OCc2ccccc2)n1. The summed E-state index contributed by atoms with van der Waals surface area (Å²) in [6.45, 7) is 1.74. The fraction of sp³-hybridized carbons (Fsp3) is 0.368. The molecule has 0 aliphatic heterocycles. The summed E-state index contributed by atoms with van der Waals surface area (Å²) >= 11 is 0. The van der Waals surface area contributed by atoms with Crippen LogP contribution >= 0.6 is 0 Å². The maximum atomic E-state index is 12.5. The normalized spacial score (nSPS) is 10.6. The quantitative estimate of drug-likeness (QED) is 0.776. The number of amides is 2. The first-order valence-electron chi connectivity index (χ1n) is 8.24. The van der Waals surface area contributed by atoms with Gasteiger partial charge in [-0.1, -0.05) is 36.4 Å². The van der Waals surface area contributed by atoms with Gasteiger partial charge in [0.05, 0.1) is 0 Å². The van der Waals surface area contributed by atoms with Crippen LogP contribution in [0.3, 0.4) is 0 Å². The van der Waals surface area contributed by atoms with E-state index in [0.29, 0.717) is 24.8 Å². The van der Waals surface area contributed by atoms with Crippen molar-refractivity contribution in [1.82, 2.24) is 14.8 Å². The van der Waals surface area contributed by atoms with E-state index in [2.05, 4.69) is 4.98 Å². The lowest BCUT2D eigenvalue weighted by molar-refractivity contribution is 0.222. The molecule has 2 amide bonds. The number of aromatic nitrogens is 1. The van der Waals surface area contributed by atoms with Gasteiger partial charge in [0.2, 0.25) is 5.88 Å². The molecule has 134 valence electrons. The Hall–Kier alpha value is -2.60. The van der Waals surface area contributed by atoms with E-state index >= 15 is 0 Å². The number of pyridine rings is 1. The zero-order valence-electron chi connectivity index (χ0n) is 15.3. The van der Waals surface area contributed by atoms with Gasteiger partial charge in [0.25, 0.3) is 0 Å². The lowest BCUT2D eigenvalue weighted by Crippen LogP contribution is -2.43. The number of carbonyl (C=O) groups excluding carboxylic acids is 1. The van der Waals surface area contributed by atoms with Crippen molar-refractivity contribution in [3.63, 3.8) is 0 Å². The second kappa shape index (κ2) is 9.03. The number of carbonyl (C=O) groups is 1. The number of rotatable bonds is 7. The van der Waals surface area contributed by atoms with Gasteiger partial charge < -0.3 is 14.5 Å². The first-order valence-corrected chi connectivity index (χ1v) is 8.24. The Balaban J connectivity index is 2.13. The number of nitrogens with zero attached hydrogens (tertiary/aromatic N) is 4. The molecule has 1 aromatic carbocycles. The molecule has 6 heteroatoms. The maximum absolute atomic E-state index is 12.5. The molecule has 0 N–H and O–H groups in total. The molecule has 1 aromatic heterocycles. The van der Waals surface area contributed by atoms with Gasteiger partial charge in [0.15, 0.2) is 0 Å². The van der Waals surface area contributed by atoms with Crippen molar-refractivity contribution in [2.24, 2.45) is 0 Å². The van der Waals surface area contributed by atoms with Crippen LogP contribution < -0.4 is 9.64 Å². The second-order valence-electron chi connectivity index (χ2n) is 6.24. The van der Waals surface area contributed by atoms with Crippen LogP contribution in [0.4, 0.5) is 10.6 Å². The first kappa shape index (κ1) is 18.7. The highest BCUT2D eigenvalue weighted by Crippen LogP contribution is 2.18. The molecule has 0 saturated heterocycles. The lowest BCUT2D eigenvalue weighted by atomic mass is 10.2. The summed E-state index contributed by atoms with van der Waals surface area (Å²) in [4.78, 5) is 22.3. The van der Waals surface area contributed by atoms with Crippen molar-refractivity contribution in [3.05, 3.63) is 54.1 Å². The Kier molecular flexibility index (Phi) is 6.77. The van der Waals surface area contributed by atoms with Crippen molar-refractivity contribution in [2.45, 2.75) is 6.61 Å². The van der Waals surface area contributed by atoms with Crippen molar-refractivity contribution >= 4 is 11.8 Å². The minimum Gasteiger partial charge on any atom is -0.473 e. The topological polar surface area (TPSA) is 48.9 Å². The van der Waals surface area contributed by atoms with Gasteiger partial charge in [0.1, 0.15) is 12.4 Å². The van der Waals surface area contributed by atoms with Gasteiger partial charge in [-0.2, -0.15) is 4.98 Å². The van der Waals surface area contributed by atoms with Crippen LogP contribution in [0.1, 0.15) is 5.56 Å². The van der Waals surface area contributed by atoms with E-state index in [1.807, 2.05) is 61.5 Å². The summed E-state index contributed by atoms with van der Waals surface area (Å²) in [6.07, 6.45) is 0. The highest BCUT2D eigenvalue weighted by molar-refractivity contribution is 5.90.